The SMILES string of the molecule is COc1cc2c(NC3CCN(C)CC3)cc(-c3ccc(-c4ccc(C5CCN(CCCOc6cc7nc(-c8ccn(C)n8)cc(NC8CCN(C)CC8)c7cc6OC)C5)cc4)o3)nc2cc1OCCCN1CCCC1. The Balaban J connectivity index is 0.728. The molecule has 8 heterocycles. The third-order valence-electron chi connectivity index (χ3n) is 16.1. The van der Waals surface area contributed by atoms with Crippen LogP contribution in [-0.2, 0) is 7.05 Å². The molecule has 4 aliphatic heterocycles. The molecule has 75 heavy (non-hydrogen) atoms. The monoisotopic (exact) mass is 1020 g/mol. The summed E-state index contributed by atoms with van der Waals surface area (Å²) in [7, 11) is 9.76. The molecule has 4 aromatic heterocycles. The summed E-state index contributed by atoms with van der Waals surface area (Å²) >= 11 is 0. The molecule has 0 saturated carbocycles. The maximum absolute atomic E-state index is 6.64. The molecule has 396 valence electrons. The van der Waals surface area contributed by atoms with Gasteiger partial charge in [-0.15, -0.1) is 0 Å². The van der Waals surface area contributed by atoms with E-state index < -0.39 is 0 Å². The summed E-state index contributed by atoms with van der Waals surface area (Å²) in [5.41, 5.74) is 8.67. The Morgan fingerprint density at radius 2 is 1.12 bits per heavy atom. The van der Waals surface area contributed by atoms with Gasteiger partial charge in [-0.1, -0.05) is 24.3 Å². The lowest BCUT2D eigenvalue weighted by atomic mass is 9.97. The van der Waals surface area contributed by atoms with Gasteiger partial charge in [-0.2, -0.15) is 5.10 Å². The van der Waals surface area contributed by atoms with Crippen molar-refractivity contribution in [2.45, 2.75) is 75.8 Å². The lowest BCUT2D eigenvalue weighted by Crippen LogP contribution is -2.36. The number of furan rings is 1. The Kier molecular flexibility index (Phi) is 15.7. The van der Waals surface area contributed by atoms with Crippen LogP contribution in [-0.4, -0.2) is 158 Å². The number of hydrogen-bond acceptors (Lipinski definition) is 14. The Morgan fingerprint density at radius 3 is 1.69 bits per heavy atom. The van der Waals surface area contributed by atoms with E-state index in [4.69, 9.17) is 33.3 Å². The quantitative estimate of drug-likeness (QED) is 0.0703. The van der Waals surface area contributed by atoms with E-state index in [9.17, 15) is 0 Å². The van der Waals surface area contributed by atoms with Crippen LogP contribution in [0.25, 0.3) is 56.0 Å². The van der Waals surface area contributed by atoms with Crippen molar-refractivity contribution in [2.24, 2.45) is 7.05 Å². The predicted octanol–water partition coefficient (Wildman–Crippen LogP) is 10.3. The zero-order chi connectivity index (χ0) is 51.3. The minimum absolute atomic E-state index is 0.363. The summed E-state index contributed by atoms with van der Waals surface area (Å²) in [6.07, 6.45) is 11.9. The van der Waals surface area contributed by atoms with Crippen molar-refractivity contribution in [3.05, 3.63) is 90.6 Å². The minimum atomic E-state index is 0.363. The van der Waals surface area contributed by atoms with E-state index in [1.807, 2.05) is 42.2 Å². The van der Waals surface area contributed by atoms with Crippen LogP contribution in [0.1, 0.15) is 69.3 Å². The van der Waals surface area contributed by atoms with E-state index in [1.54, 1.807) is 14.2 Å². The van der Waals surface area contributed by atoms with Crippen LogP contribution in [0.3, 0.4) is 0 Å². The fraction of sp³-hybridized carbons (Fsp3) is 0.483. The summed E-state index contributed by atoms with van der Waals surface area (Å²) in [6.45, 7) is 12.0. The molecule has 0 amide bonds. The molecule has 0 aliphatic carbocycles. The molecule has 0 radical (unpaired) electrons. The van der Waals surface area contributed by atoms with Crippen LogP contribution >= 0.6 is 0 Å². The molecule has 0 bridgehead atoms. The highest BCUT2D eigenvalue weighted by molar-refractivity contribution is 5.97. The molecule has 4 fully saturated rings. The number of hydrogen-bond donors (Lipinski definition) is 2. The Hall–Kier alpha value is -6.39. The van der Waals surface area contributed by atoms with Gasteiger partial charge in [0.05, 0.1) is 44.2 Å². The fourth-order valence-corrected chi connectivity index (χ4v) is 11.6. The Bertz CT molecular complexity index is 3030. The van der Waals surface area contributed by atoms with Gasteiger partial charge in [0, 0.05) is 84.8 Å². The highest BCUT2D eigenvalue weighted by Crippen LogP contribution is 2.41. The third kappa shape index (κ3) is 12.0. The molecular weight excluding hydrogens is 941 g/mol. The number of anilines is 2. The first kappa shape index (κ1) is 50.8. The smallest absolute Gasteiger partial charge is 0.163 e. The predicted molar refractivity (Wildman–Crippen MR) is 300 cm³/mol. The zero-order valence-electron chi connectivity index (χ0n) is 44.8. The van der Waals surface area contributed by atoms with Gasteiger partial charge in [0.25, 0.3) is 0 Å². The van der Waals surface area contributed by atoms with Gasteiger partial charge in [-0.25, -0.2) is 9.97 Å². The summed E-state index contributed by atoms with van der Waals surface area (Å²) in [4.78, 5) is 20.2. The van der Waals surface area contributed by atoms with E-state index >= 15 is 0 Å². The van der Waals surface area contributed by atoms with Crippen LogP contribution in [0.15, 0.2) is 89.5 Å². The summed E-state index contributed by atoms with van der Waals surface area (Å²) in [5.74, 6) is 4.90. The van der Waals surface area contributed by atoms with Gasteiger partial charge in [0.15, 0.2) is 28.8 Å². The molecule has 7 aromatic rings. The number of aryl methyl sites for hydroxylation is 1. The number of benzene rings is 3. The molecule has 15 heteroatoms. The minimum Gasteiger partial charge on any atom is -0.493 e. The molecule has 11 rings (SSSR count). The average molecular weight is 1020 g/mol. The molecule has 0 spiro atoms. The van der Waals surface area contributed by atoms with Crippen molar-refractivity contribution in [1.29, 1.82) is 0 Å². The molecule has 4 saturated heterocycles. The van der Waals surface area contributed by atoms with Crippen LogP contribution in [0, 0.1) is 0 Å². The summed E-state index contributed by atoms with van der Waals surface area (Å²) < 4.78 is 33.2. The second kappa shape index (κ2) is 23.2. The van der Waals surface area contributed by atoms with Gasteiger partial charge in [0.1, 0.15) is 17.1 Å². The van der Waals surface area contributed by atoms with Crippen molar-refractivity contribution in [3.8, 4) is 57.2 Å². The first-order valence-corrected chi connectivity index (χ1v) is 27.6. The van der Waals surface area contributed by atoms with Crippen LogP contribution in [0.5, 0.6) is 23.0 Å². The van der Waals surface area contributed by atoms with Crippen LogP contribution in [0.2, 0.25) is 0 Å². The molecule has 2 N–H and O–H groups in total. The third-order valence-corrected chi connectivity index (χ3v) is 16.1. The number of nitrogens with zero attached hydrogens (tertiary/aromatic N) is 8. The molecule has 1 unspecified atom stereocenters. The number of piperidine rings is 2. The maximum Gasteiger partial charge on any atom is 0.163 e. The highest BCUT2D eigenvalue weighted by atomic mass is 16.5. The van der Waals surface area contributed by atoms with E-state index in [-0.39, 0.29) is 0 Å². The van der Waals surface area contributed by atoms with Crippen molar-refractivity contribution >= 4 is 33.2 Å². The van der Waals surface area contributed by atoms with E-state index in [0.29, 0.717) is 42.7 Å². The van der Waals surface area contributed by atoms with Gasteiger partial charge in [0.2, 0.25) is 0 Å². The van der Waals surface area contributed by atoms with Crippen LogP contribution in [0.4, 0.5) is 11.4 Å². The fourth-order valence-electron chi connectivity index (χ4n) is 11.6. The number of ether oxygens (including phenoxy) is 4. The van der Waals surface area contributed by atoms with Crippen molar-refractivity contribution < 1.29 is 23.4 Å². The topological polar surface area (TPSA) is 131 Å². The van der Waals surface area contributed by atoms with Crippen LogP contribution < -0.4 is 29.6 Å². The lowest BCUT2D eigenvalue weighted by molar-refractivity contribution is 0.253. The molecule has 4 aliphatic rings. The second-order valence-corrected chi connectivity index (χ2v) is 21.5. The average Bonchev–Trinajstić information content (AvgIpc) is 4.30. The molecule has 15 nitrogen and oxygen atoms in total. The largest absolute Gasteiger partial charge is 0.493 e. The van der Waals surface area contributed by atoms with Gasteiger partial charge < -0.3 is 53.6 Å². The van der Waals surface area contributed by atoms with Gasteiger partial charge >= 0.3 is 0 Å². The molecule has 3 aromatic carbocycles. The summed E-state index contributed by atoms with van der Waals surface area (Å²) in [6, 6.07) is 28.3. The Morgan fingerprint density at radius 1 is 0.560 bits per heavy atom. The number of pyridine rings is 2. The van der Waals surface area contributed by atoms with E-state index in [0.717, 1.165) is 176 Å². The number of methoxy groups -OCH3 is 2. The Labute approximate surface area is 442 Å². The van der Waals surface area contributed by atoms with Crippen molar-refractivity contribution in [3.63, 3.8) is 0 Å². The standard InChI is InChI=1S/C60H76N10O5/c1-66-26-17-44(18-27-66)61-49-36-53(48-21-30-68(3)65-48)63-51-38-59(57(71-4)34-46(49)51)74-33-9-25-70-31-16-43(40-70)41-10-12-42(13-11-41)55-14-15-56(75-55)54-37-50(62-45-19-28-67(2)29-20-45)47-35-58(72-5)60(39-52(47)64-54)73-32-8-24-69-22-6-7-23-69/h10-15,21,30,34-39,43-45H,6-9,16-20,22-29,31-33,40H2,1-5H3,(H,61,63)(H,62,64). The van der Waals surface area contributed by atoms with E-state index in [2.05, 4.69) is 104 Å². The first-order chi connectivity index (χ1) is 36.7. The van der Waals surface area contributed by atoms with Crippen molar-refractivity contribution in [2.75, 3.05) is 118 Å². The molecule has 1 atom stereocenters. The van der Waals surface area contributed by atoms with Gasteiger partial charge in [-0.3, -0.25) is 4.68 Å². The number of nitrogens with one attached hydrogen (secondary N) is 2. The van der Waals surface area contributed by atoms with Gasteiger partial charge in [-0.05, 0) is 172 Å². The first-order valence-electron chi connectivity index (χ1n) is 27.6. The lowest BCUT2D eigenvalue weighted by Gasteiger charge is -2.30. The number of aromatic nitrogens is 4. The number of rotatable bonds is 20. The summed E-state index contributed by atoms with van der Waals surface area (Å²) in [5, 5.41) is 14.5. The number of likely N-dealkylation sites (tertiary alicyclic amines) is 4. The second-order valence-electron chi connectivity index (χ2n) is 21.5. The number of fused-ring (bicyclic) bond motifs is 2. The zero-order valence-corrected chi connectivity index (χ0v) is 44.8. The van der Waals surface area contributed by atoms with Crippen molar-refractivity contribution in [1.82, 2.24) is 39.3 Å². The highest BCUT2D eigenvalue weighted by Gasteiger charge is 2.26. The molecular formula is C60H76N10O5. The maximum atomic E-state index is 6.64. The normalized spacial score (nSPS) is 18.6. The van der Waals surface area contributed by atoms with E-state index in [1.165, 1.54) is 31.5 Å².